The number of likely N-dealkylation sites (N-methyl/N-ethyl adjacent to an activating group) is 1. The van der Waals surface area contributed by atoms with Crippen molar-refractivity contribution >= 4 is 11.7 Å². The summed E-state index contributed by atoms with van der Waals surface area (Å²) in [5.41, 5.74) is 1.45. The molecule has 0 fully saturated rings. The zero-order chi connectivity index (χ0) is 14.5. The third-order valence-electron chi connectivity index (χ3n) is 3.43. The molecule has 19 heavy (non-hydrogen) atoms. The first-order chi connectivity index (χ1) is 8.89. The van der Waals surface area contributed by atoms with Crippen molar-refractivity contribution in [2.45, 2.75) is 32.7 Å². The van der Waals surface area contributed by atoms with Crippen molar-refractivity contribution in [1.82, 2.24) is 5.32 Å². The molecular weight excluding hydrogens is 240 g/mol. The van der Waals surface area contributed by atoms with Crippen LogP contribution in [-0.4, -0.2) is 36.8 Å². The Balaban J connectivity index is 2.67. The Bertz CT molecular complexity index is 434. The Labute approximate surface area is 115 Å². The van der Waals surface area contributed by atoms with Crippen LogP contribution in [-0.2, 0) is 4.79 Å². The van der Waals surface area contributed by atoms with Crippen LogP contribution >= 0.6 is 0 Å². The molecular formula is C15H24N2O2. The van der Waals surface area contributed by atoms with Gasteiger partial charge in [0.1, 0.15) is 5.54 Å². The molecule has 0 amide bonds. The number of carbonyl (C=O) groups is 1. The number of aryl methyl sites for hydroxylation is 1. The van der Waals surface area contributed by atoms with Gasteiger partial charge >= 0.3 is 5.97 Å². The molecule has 1 aromatic rings. The molecule has 0 bridgehead atoms. The maximum Gasteiger partial charge on any atom is 0.323 e. The lowest BCUT2D eigenvalue weighted by atomic mass is 9.97. The van der Waals surface area contributed by atoms with E-state index in [0.29, 0.717) is 19.5 Å². The zero-order valence-corrected chi connectivity index (χ0v) is 12.2. The first kappa shape index (κ1) is 15.5. The molecule has 2 N–H and O–H groups in total. The summed E-state index contributed by atoms with van der Waals surface area (Å²) in [6, 6.07) is 8.21. The van der Waals surface area contributed by atoms with Crippen molar-refractivity contribution in [2.75, 3.05) is 25.0 Å². The number of nitrogens with one attached hydrogen (secondary N) is 1. The van der Waals surface area contributed by atoms with Crippen LogP contribution in [0.2, 0.25) is 0 Å². The standard InChI is InChI=1S/C15H24N2O2/c1-5-16-15(3,14(18)19)9-10-17(4)13-8-6-7-12(2)11-13/h6-8,11,16H,5,9-10H2,1-4H3,(H,18,19). The molecule has 106 valence electrons. The van der Waals surface area contributed by atoms with Gasteiger partial charge in [-0.1, -0.05) is 19.1 Å². The smallest absolute Gasteiger partial charge is 0.323 e. The maximum atomic E-state index is 11.3. The molecule has 4 nitrogen and oxygen atoms in total. The topological polar surface area (TPSA) is 52.6 Å². The van der Waals surface area contributed by atoms with Crippen LogP contribution in [0.15, 0.2) is 24.3 Å². The first-order valence-corrected chi connectivity index (χ1v) is 6.65. The van der Waals surface area contributed by atoms with Crippen molar-refractivity contribution < 1.29 is 9.90 Å². The predicted octanol–water partition coefficient (Wildman–Crippen LogP) is 2.27. The molecule has 0 aromatic heterocycles. The molecule has 0 saturated heterocycles. The molecule has 0 aliphatic carbocycles. The zero-order valence-electron chi connectivity index (χ0n) is 12.2. The minimum atomic E-state index is -0.868. The number of benzene rings is 1. The minimum absolute atomic E-state index is 0.556. The first-order valence-electron chi connectivity index (χ1n) is 6.65. The van der Waals surface area contributed by atoms with Crippen LogP contribution in [0.25, 0.3) is 0 Å². The molecule has 4 heteroatoms. The van der Waals surface area contributed by atoms with Crippen molar-refractivity contribution in [1.29, 1.82) is 0 Å². The van der Waals surface area contributed by atoms with Gasteiger partial charge in [0.05, 0.1) is 0 Å². The van der Waals surface area contributed by atoms with E-state index in [-0.39, 0.29) is 0 Å². The number of carboxylic acid groups (broad SMARTS) is 1. The third-order valence-corrected chi connectivity index (χ3v) is 3.43. The number of anilines is 1. The Morgan fingerprint density at radius 3 is 2.68 bits per heavy atom. The van der Waals surface area contributed by atoms with E-state index in [2.05, 4.69) is 29.3 Å². The van der Waals surface area contributed by atoms with Crippen LogP contribution in [0.4, 0.5) is 5.69 Å². The van der Waals surface area contributed by atoms with E-state index in [4.69, 9.17) is 0 Å². The number of carboxylic acids is 1. The largest absolute Gasteiger partial charge is 0.480 e. The molecule has 0 spiro atoms. The van der Waals surface area contributed by atoms with Gasteiger partial charge in [-0.15, -0.1) is 0 Å². The second-order valence-electron chi connectivity index (χ2n) is 5.18. The molecule has 1 aromatic carbocycles. The minimum Gasteiger partial charge on any atom is -0.480 e. The molecule has 0 aliphatic rings. The molecule has 0 radical (unpaired) electrons. The summed E-state index contributed by atoms with van der Waals surface area (Å²) in [6.07, 6.45) is 0.556. The Kier molecular flexibility index (Phi) is 5.36. The summed E-state index contributed by atoms with van der Waals surface area (Å²) < 4.78 is 0. The van der Waals surface area contributed by atoms with Crippen LogP contribution in [0.1, 0.15) is 25.8 Å². The number of rotatable bonds is 7. The number of hydrogen-bond donors (Lipinski definition) is 2. The lowest BCUT2D eigenvalue weighted by Gasteiger charge is -2.29. The highest BCUT2D eigenvalue weighted by atomic mass is 16.4. The van der Waals surface area contributed by atoms with E-state index >= 15 is 0 Å². The second-order valence-corrected chi connectivity index (χ2v) is 5.18. The van der Waals surface area contributed by atoms with E-state index in [1.807, 2.05) is 26.1 Å². The van der Waals surface area contributed by atoms with Gasteiger partial charge in [-0.3, -0.25) is 4.79 Å². The van der Waals surface area contributed by atoms with Gasteiger partial charge in [-0.2, -0.15) is 0 Å². The maximum absolute atomic E-state index is 11.3. The summed E-state index contributed by atoms with van der Waals surface area (Å²) in [5.74, 6) is -0.799. The molecule has 0 aliphatic heterocycles. The SMILES string of the molecule is CCNC(C)(CCN(C)c1cccc(C)c1)C(=O)O. The lowest BCUT2D eigenvalue weighted by Crippen LogP contribution is -2.51. The summed E-state index contributed by atoms with van der Waals surface area (Å²) in [5, 5.41) is 12.4. The Morgan fingerprint density at radius 1 is 1.47 bits per heavy atom. The van der Waals surface area contributed by atoms with Gasteiger partial charge in [0.2, 0.25) is 0 Å². The Hall–Kier alpha value is -1.55. The number of nitrogens with zero attached hydrogens (tertiary/aromatic N) is 1. The van der Waals surface area contributed by atoms with Crippen LogP contribution in [0.3, 0.4) is 0 Å². The Morgan fingerprint density at radius 2 is 2.16 bits per heavy atom. The van der Waals surface area contributed by atoms with Crippen molar-refractivity contribution in [3.05, 3.63) is 29.8 Å². The van der Waals surface area contributed by atoms with Gasteiger partial charge in [0.15, 0.2) is 0 Å². The monoisotopic (exact) mass is 264 g/mol. The van der Waals surface area contributed by atoms with E-state index < -0.39 is 11.5 Å². The number of aliphatic carboxylic acids is 1. The molecule has 1 unspecified atom stereocenters. The summed E-state index contributed by atoms with van der Waals surface area (Å²) >= 11 is 0. The molecule has 1 rings (SSSR count). The van der Waals surface area contributed by atoms with E-state index in [1.54, 1.807) is 6.92 Å². The summed E-state index contributed by atoms with van der Waals surface area (Å²) in [6.45, 7) is 7.06. The quantitative estimate of drug-likeness (QED) is 0.793. The highest BCUT2D eigenvalue weighted by Gasteiger charge is 2.31. The highest BCUT2D eigenvalue weighted by molar-refractivity contribution is 5.78. The van der Waals surface area contributed by atoms with E-state index in [9.17, 15) is 9.90 Å². The fourth-order valence-corrected chi connectivity index (χ4v) is 2.05. The van der Waals surface area contributed by atoms with Crippen molar-refractivity contribution in [3.63, 3.8) is 0 Å². The predicted molar refractivity (Wildman–Crippen MR) is 78.8 cm³/mol. The fourth-order valence-electron chi connectivity index (χ4n) is 2.05. The van der Waals surface area contributed by atoms with E-state index in [1.165, 1.54) is 5.56 Å². The van der Waals surface area contributed by atoms with Crippen LogP contribution < -0.4 is 10.2 Å². The van der Waals surface area contributed by atoms with Gasteiger partial charge in [0.25, 0.3) is 0 Å². The highest BCUT2D eigenvalue weighted by Crippen LogP contribution is 2.17. The summed E-state index contributed by atoms with van der Waals surface area (Å²) in [4.78, 5) is 13.4. The molecule has 0 saturated carbocycles. The van der Waals surface area contributed by atoms with Crippen LogP contribution in [0, 0.1) is 6.92 Å². The van der Waals surface area contributed by atoms with Crippen LogP contribution in [0.5, 0.6) is 0 Å². The fraction of sp³-hybridized carbons (Fsp3) is 0.533. The van der Waals surface area contributed by atoms with Gasteiger partial charge in [-0.25, -0.2) is 0 Å². The lowest BCUT2D eigenvalue weighted by molar-refractivity contribution is -0.144. The van der Waals surface area contributed by atoms with Gasteiger partial charge < -0.3 is 15.3 Å². The van der Waals surface area contributed by atoms with E-state index in [0.717, 1.165) is 5.69 Å². The van der Waals surface area contributed by atoms with Gasteiger partial charge in [-0.05, 0) is 44.5 Å². The number of hydrogen-bond acceptors (Lipinski definition) is 3. The normalized spacial score (nSPS) is 13.9. The van der Waals surface area contributed by atoms with Gasteiger partial charge in [0, 0.05) is 19.3 Å². The van der Waals surface area contributed by atoms with Crippen molar-refractivity contribution in [3.8, 4) is 0 Å². The average Bonchev–Trinajstić information content (AvgIpc) is 2.36. The molecule has 0 heterocycles. The molecule has 1 atom stereocenters. The van der Waals surface area contributed by atoms with Crippen molar-refractivity contribution in [2.24, 2.45) is 0 Å². The second kappa shape index (κ2) is 6.57. The summed E-state index contributed by atoms with van der Waals surface area (Å²) in [7, 11) is 1.99. The third kappa shape index (κ3) is 4.24. The average molecular weight is 264 g/mol.